The fourth-order valence-corrected chi connectivity index (χ4v) is 3.53. The highest BCUT2D eigenvalue weighted by Gasteiger charge is 2.26. The topological polar surface area (TPSA) is 67.1 Å². The maximum absolute atomic E-state index is 12.2. The van der Waals surface area contributed by atoms with E-state index in [-0.39, 0.29) is 11.8 Å². The van der Waals surface area contributed by atoms with Gasteiger partial charge in [-0.2, -0.15) is 0 Å². The number of amides is 2. The van der Waals surface area contributed by atoms with Crippen molar-refractivity contribution < 1.29 is 19.4 Å². The van der Waals surface area contributed by atoms with Gasteiger partial charge in [0.05, 0.1) is 0 Å². The van der Waals surface area contributed by atoms with Crippen LogP contribution in [0.25, 0.3) is 0 Å². The van der Waals surface area contributed by atoms with Gasteiger partial charge in [-0.15, -0.1) is 0 Å². The summed E-state index contributed by atoms with van der Waals surface area (Å²) >= 11 is 0. The standard InChI is InChI=1S/C21H34N4O2/c1-5-22-21(27)17(4)23-20(26)15-25-12-10-24(11-13-25)14-18-6-8-19(9-7-18)16(2)3/h6-9,16-17H,5,10-15H2,1-4H3,(H,22,27)(H,23,26)/p+2/t17-/m1/s1. The quantitative estimate of drug-likeness (QED) is 0.457. The van der Waals surface area contributed by atoms with Gasteiger partial charge in [0.15, 0.2) is 6.54 Å². The van der Waals surface area contributed by atoms with Gasteiger partial charge in [-0.3, -0.25) is 9.59 Å². The Morgan fingerprint density at radius 1 is 1.00 bits per heavy atom. The Morgan fingerprint density at radius 2 is 1.59 bits per heavy atom. The predicted octanol–water partition coefficient (Wildman–Crippen LogP) is -1.27. The molecular weight excluding hydrogens is 340 g/mol. The van der Waals surface area contributed by atoms with Crippen LogP contribution in [0, 0.1) is 0 Å². The summed E-state index contributed by atoms with van der Waals surface area (Å²) in [4.78, 5) is 26.8. The Kier molecular flexibility index (Phi) is 8.25. The van der Waals surface area contributed by atoms with Crippen LogP contribution in [0.15, 0.2) is 24.3 Å². The van der Waals surface area contributed by atoms with E-state index in [1.165, 1.54) is 16.0 Å². The van der Waals surface area contributed by atoms with E-state index >= 15 is 0 Å². The highest BCUT2D eigenvalue weighted by Crippen LogP contribution is 2.14. The predicted molar refractivity (Wildman–Crippen MR) is 107 cm³/mol. The van der Waals surface area contributed by atoms with Crippen LogP contribution in [0.3, 0.4) is 0 Å². The van der Waals surface area contributed by atoms with Crippen molar-refractivity contribution in [2.24, 2.45) is 0 Å². The van der Waals surface area contributed by atoms with E-state index in [9.17, 15) is 9.59 Å². The van der Waals surface area contributed by atoms with Gasteiger partial charge in [0.2, 0.25) is 5.91 Å². The molecule has 1 aromatic carbocycles. The summed E-state index contributed by atoms with van der Waals surface area (Å²) in [6.07, 6.45) is 0. The maximum Gasteiger partial charge on any atom is 0.275 e. The lowest BCUT2D eigenvalue weighted by molar-refractivity contribution is -1.02. The average Bonchev–Trinajstić information content (AvgIpc) is 2.64. The van der Waals surface area contributed by atoms with E-state index in [1.807, 2.05) is 6.92 Å². The Bertz CT molecular complexity index is 607. The van der Waals surface area contributed by atoms with Crippen molar-refractivity contribution in [1.29, 1.82) is 0 Å². The van der Waals surface area contributed by atoms with Crippen molar-refractivity contribution in [3.63, 3.8) is 0 Å². The summed E-state index contributed by atoms with van der Waals surface area (Å²) in [5.41, 5.74) is 2.77. The molecule has 0 saturated carbocycles. The van der Waals surface area contributed by atoms with Crippen molar-refractivity contribution >= 4 is 11.8 Å². The molecule has 1 aromatic rings. The molecule has 1 aliphatic heterocycles. The Morgan fingerprint density at radius 3 is 2.15 bits per heavy atom. The van der Waals surface area contributed by atoms with Crippen LogP contribution >= 0.6 is 0 Å². The molecule has 0 radical (unpaired) electrons. The zero-order chi connectivity index (χ0) is 19.8. The molecule has 1 fully saturated rings. The molecule has 1 aliphatic rings. The molecule has 6 nitrogen and oxygen atoms in total. The average molecular weight is 377 g/mol. The molecule has 1 heterocycles. The number of rotatable bonds is 8. The second kappa shape index (κ2) is 10.4. The Balaban J connectivity index is 1.71. The van der Waals surface area contributed by atoms with Gasteiger partial charge in [-0.1, -0.05) is 38.1 Å². The zero-order valence-corrected chi connectivity index (χ0v) is 17.2. The fourth-order valence-electron chi connectivity index (χ4n) is 3.53. The third-order valence-electron chi connectivity index (χ3n) is 5.30. The van der Waals surface area contributed by atoms with Crippen LogP contribution in [-0.4, -0.2) is 57.1 Å². The highest BCUT2D eigenvalue weighted by molar-refractivity contribution is 5.87. The second-order valence-corrected chi connectivity index (χ2v) is 7.93. The van der Waals surface area contributed by atoms with Crippen molar-refractivity contribution in [2.75, 3.05) is 39.3 Å². The number of benzene rings is 1. The summed E-state index contributed by atoms with van der Waals surface area (Å²) in [5.74, 6) is 0.399. The SMILES string of the molecule is CCNC(=O)[C@@H](C)NC(=O)C[NH+]1CC[NH+](Cc2ccc(C(C)C)cc2)CC1. The van der Waals surface area contributed by atoms with Crippen LogP contribution in [-0.2, 0) is 16.1 Å². The molecular formula is C21H36N4O2+2. The van der Waals surface area contributed by atoms with Crippen LogP contribution in [0.4, 0.5) is 0 Å². The van der Waals surface area contributed by atoms with Crippen LogP contribution in [0.5, 0.6) is 0 Å². The normalized spacial score (nSPS) is 20.9. The van der Waals surface area contributed by atoms with Crippen molar-refractivity contribution in [1.82, 2.24) is 10.6 Å². The van der Waals surface area contributed by atoms with Gasteiger partial charge < -0.3 is 20.4 Å². The second-order valence-electron chi connectivity index (χ2n) is 7.93. The maximum atomic E-state index is 12.2. The minimum atomic E-state index is -0.474. The molecule has 1 saturated heterocycles. The summed E-state index contributed by atoms with van der Waals surface area (Å²) in [6.45, 7) is 14.2. The summed E-state index contributed by atoms with van der Waals surface area (Å²) in [5, 5.41) is 5.53. The number of quaternary nitrogens is 2. The smallest absolute Gasteiger partial charge is 0.275 e. The number of carbonyl (C=O) groups is 2. The molecule has 1 atom stereocenters. The molecule has 0 aromatic heterocycles. The molecule has 2 rings (SSSR count). The van der Waals surface area contributed by atoms with E-state index in [0.717, 1.165) is 32.7 Å². The molecule has 6 heteroatoms. The number of nitrogens with one attached hydrogen (secondary N) is 4. The lowest BCUT2D eigenvalue weighted by atomic mass is 10.0. The van der Waals surface area contributed by atoms with E-state index in [4.69, 9.17) is 0 Å². The monoisotopic (exact) mass is 376 g/mol. The Hall–Kier alpha value is -1.92. The Labute approximate surface area is 163 Å². The number of likely N-dealkylation sites (N-methyl/N-ethyl adjacent to an activating group) is 1. The van der Waals surface area contributed by atoms with Crippen molar-refractivity contribution in [3.8, 4) is 0 Å². The lowest BCUT2D eigenvalue weighted by Gasteiger charge is -2.29. The summed E-state index contributed by atoms with van der Waals surface area (Å²) in [7, 11) is 0. The molecule has 2 amide bonds. The number of carbonyl (C=O) groups excluding carboxylic acids is 2. The van der Waals surface area contributed by atoms with Gasteiger partial charge in [-0.05, 0) is 25.3 Å². The molecule has 0 bridgehead atoms. The van der Waals surface area contributed by atoms with Crippen molar-refractivity contribution in [3.05, 3.63) is 35.4 Å². The van der Waals surface area contributed by atoms with Gasteiger partial charge in [-0.25, -0.2) is 0 Å². The third kappa shape index (κ3) is 6.96. The summed E-state index contributed by atoms with van der Waals surface area (Å²) < 4.78 is 0. The molecule has 0 spiro atoms. The minimum absolute atomic E-state index is 0.0449. The molecule has 0 unspecified atom stereocenters. The van der Waals surface area contributed by atoms with E-state index in [2.05, 4.69) is 48.7 Å². The number of hydrogen-bond donors (Lipinski definition) is 4. The van der Waals surface area contributed by atoms with Gasteiger partial charge in [0.1, 0.15) is 38.8 Å². The number of piperazine rings is 1. The van der Waals surface area contributed by atoms with Gasteiger partial charge in [0.25, 0.3) is 5.91 Å². The van der Waals surface area contributed by atoms with E-state index in [0.29, 0.717) is 19.0 Å². The largest absolute Gasteiger partial charge is 0.355 e. The minimum Gasteiger partial charge on any atom is -0.355 e. The lowest BCUT2D eigenvalue weighted by Crippen LogP contribution is -3.28. The third-order valence-corrected chi connectivity index (χ3v) is 5.30. The molecule has 0 aliphatic carbocycles. The van der Waals surface area contributed by atoms with Crippen LogP contribution < -0.4 is 20.4 Å². The van der Waals surface area contributed by atoms with Gasteiger partial charge in [0, 0.05) is 12.1 Å². The molecule has 4 N–H and O–H groups in total. The first-order valence-electron chi connectivity index (χ1n) is 10.2. The summed E-state index contributed by atoms with van der Waals surface area (Å²) in [6, 6.07) is 8.50. The first kappa shape index (κ1) is 21.4. The van der Waals surface area contributed by atoms with Crippen molar-refractivity contribution in [2.45, 2.75) is 46.2 Å². The van der Waals surface area contributed by atoms with E-state index < -0.39 is 6.04 Å². The van der Waals surface area contributed by atoms with Crippen LogP contribution in [0.2, 0.25) is 0 Å². The fraction of sp³-hybridized carbons (Fsp3) is 0.619. The van der Waals surface area contributed by atoms with Gasteiger partial charge >= 0.3 is 0 Å². The number of hydrogen-bond acceptors (Lipinski definition) is 2. The zero-order valence-electron chi connectivity index (χ0n) is 17.2. The van der Waals surface area contributed by atoms with Crippen LogP contribution in [0.1, 0.15) is 44.7 Å². The molecule has 150 valence electrons. The molecule has 27 heavy (non-hydrogen) atoms. The van der Waals surface area contributed by atoms with E-state index in [1.54, 1.807) is 11.8 Å². The first-order chi connectivity index (χ1) is 12.9. The first-order valence-corrected chi connectivity index (χ1v) is 10.2. The highest BCUT2D eigenvalue weighted by atomic mass is 16.2.